The van der Waals surface area contributed by atoms with Crippen LogP contribution < -0.4 is 10.6 Å². The number of esters is 1. The van der Waals surface area contributed by atoms with Crippen LogP contribution in [0.25, 0.3) is 0 Å². The molecule has 2 unspecified atom stereocenters. The number of nitrogens with one attached hydrogen (secondary N) is 3. The van der Waals surface area contributed by atoms with Crippen molar-refractivity contribution < 1.29 is 23.9 Å². The molecule has 3 N–H and O–H groups in total. The van der Waals surface area contributed by atoms with Gasteiger partial charge in [-0.05, 0) is 32.2 Å². The van der Waals surface area contributed by atoms with Crippen LogP contribution in [0.5, 0.6) is 0 Å². The van der Waals surface area contributed by atoms with E-state index in [9.17, 15) is 14.4 Å². The molecule has 0 bridgehead atoms. The van der Waals surface area contributed by atoms with Gasteiger partial charge in [-0.25, -0.2) is 14.6 Å². The fourth-order valence-electron chi connectivity index (χ4n) is 2.51. The molecule has 2 aromatic heterocycles. The Morgan fingerprint density at radius 2 is 1.97 bits per heavy atom. The number of hydrogen-bond acceptors (Lipinski definition) is 7. The zero-order chi connectivity index (χ0) is 21.4. The Morgan fingerprint density at radius 3 is 2.52 bits per heavy atom. The molecule has 10 heteroatoms. The van der Waals surface area contributed by atoms with Crippen LogP contribution in [-0.2, 0) is 31.9 Å². The number of methoxy groups -OCH3 is 1. The normalized spacial score (nSPS) is 13.2. The van der Waals surface area contributed by atoms with Gasteiger partial charge in [0.1, 0.15) is 17.7 Å². The van der Waals surface area contributed by atoms with E-state index in [1.165, 1.54) is 24.8 Å². The quantitative estimate of drug-likeness (QED) is 0.558. The van der Waals surface area contributed by atoms with Crippen LogP contribution in [0.4, 0.5) is 4.79 Å². The second-order valence-electron chi connectivity index (χ2n) is 7.35. The molecular formula is C19H26N4O5S. The molecule has 2 rings (SSSR count). The Labute approximate surface area is 173 Å². The third-order valence-electron chi connectivity index (χ3n) is 3.77. The van der Waals surface area contributed by atoms with Crippen LogP contribution in [0.15, 0.2) is 30.0 Å². The number of amides is 2. The standard InChI is InChI=1S/C19H26N4O5S/c1-19(2,3)28-18(26)23-14(9-13-6-5-7-29-13)16(24)22-15(17(25)27-4)8-12-10-20-11-21-12/h5-7,10-11,14-15H,8-9H2,1-4H3,(H,20,21)(H,22,24)(H,23,26). The van der Waals surface area contributed by atoms with Crippen molar-refractivity contribution in [3.8, 4) is 0 Å². The van der Waals surface area contributed by atoms with Gasteiger partial charge in [-0.15, -0.1) is 11.3 Å². The van der Waals surface area contributed by atoms with Crippen LogP contribution in [0.3, 0.4) is 0 Å². The lowest BCUT2D eigenvalue weighted by atomic mass is 10.1. The van der Waals surface area contributed by atoms with E-state index in [1.54, 1.807) is 27.0 Å². The number of nitrogens with zero attached hydrogens (tertiary/aromatic N) is 1. The van der Waals surface area contributed by atoms with Gasteiger partial charge in [0.2, 0.25) is 5.91 Å². The summed E-state index contributed by atoms with van der Waals surface area (Å²) in [6, 6.07) is 1.87. The molecule has 9 nitrogen and oxygen atoms in total. The summed E-state index contributed by atoms with van der Waals surface area (Å²) in [5.74, 6) is -1.11. The number of hydrogen-bond donors (Lipinski definition) is 3. The average molecular weight is 423 g/mol. The maximum Gasteiger partial charge on any atom is 0.408 e. The summed E-state index contributed by atoms with van der Waals surface area (Å²) >= 11 is 1.47. The molecule has 2 aromatic rings. The Kier molecular flexibility index (Phi) is 7.77. The lowest BCUT2D eigenvalue weighted by Crippen LogP contribution is -2.53. The van der Waals surface area contributed by atoms with Gasteiger partial charge in [0.05, 0.1) is 13.4 Å². The summed E-state index contributed by atoms with van der Waals surface area (Å²) in [6.45, 7) is 5.20. The number of thiophene rings is 1. The summed E-state index contributed by atoms with van der Waals surface area (Å²) < 4.78 is 10.1. The summed E-state index contributed by atoms with van der Waals surface area (Å²) in [5.41, 5.74) is -0.0425. The van der Waals surface area contributed by atoms with Crippen molar-refractivity contribution >= 4 is 29.3 Å². The number of imidazole rings is 1. The Bertz CT molecular complexity index is 799. The molecule has 0 radical (unpaired) electrons. The Balaban J connectivity index is 2.12. The number of H-pyrrole nitrogens is 1. The highest BCUT2D eigenvalue weighted by atomic mass is 32.1. The van der Waals surface area contributed by atoms with Gasteiger partial charge in [0.25, 0.3) is 0 Å². The van der Waals surface area contributed by atoms with Crippen molar-refractivity contribution in [3.63, 3.8) is 0 Å². The number of alkyl carbamates (subject to hydrolysis) is 1. The van der Waals surface area contributed by atoms with Crippen molar-refractivity contribution in [3.05, 3.63) is 40.6 Å². The summed E-state index contributed by atoms with van der Waals surface area (Å²) in [4.78, 5) is 45.0. The average Bonchev–Trinajstić information content (AvgIpc) is 3.32. The molecule has 0 aliphatic rings. The third kappa shape index (κ3) is 7.57. The van der Waals surface area contributed by atoms with E-state index in [0.29, 0.717) is 5.69 Å². The van der Waals surface area contributed by atoms with Crippen molar-refractivity contribution in [1.82, 2.24) is 20.6 Å². The molecule has 0 fully saturated rings. The van der Waals surface area contributed by atoms with Gasteiger partial charge in [0, 0.05) is 29.6 Å². The highest BCUT2D eigenvalue weighted by Crippen LogP contribution is 2.13. The van der Waals surface area contributed by atoms with E-state index in [0.717, 1.165) is 4.88 Å². The molecule has 2 amide bonds. The van der Waals surface area contributed by atoms with E-state index in [-0.39, 0.29) is 12.8 Å². The fraction of sp³-hybridized carbons (Fsp3) is 0.474. The first-order chi connectivity index (χ1) is 13.7. The fourth-order valence-corrected chi connectivity index (χ4v) is 3.27. The predicted octanol–water partition coefficient (Wildman–Crippen LogP) is 1.81. The monoisotopic (exact) mass is 422 g/mol. The van der Waals surface area contributed by atoms with E-state index < -0.39 is 35.7 Å². The number of ether oxygens (including phenoxy) is 2. The molecule has 2 heterocycles. The summed E-state index contributed by atoms with van der Waals surface area (Å²) in [6.07, 6.45) is 2.77. The van der Waals surface area contributed by atoms with E-state index in [1.807, 2.05) is 17.5 Å². The van der Waals surface area contributed by atoms with Gasteiger partial charge in [-0.1, -0.05) is 6.07 Å². The van der Waals surface area contributed by atoms with Crippen LogP contribution in [0.2, 0.25) is 0 Å². The smallest absolute Gasteiger partial charge is 0.408 e. The zero-order valence-corrected chi connectivity index (χ0v) is 17.7. The van der Waals surface area contributed by atoms with Gasteiger partial charge >= 0.3 is 12.1 Å². The number of aromatic nitrogens is 2. The largest absolute Gasteiger partial charge is 0.467 e. The molecular weight excluding hydrogens is 396 g/mol. The summed E-state index contributed by atoms with van der Waals surface area (Å²) in [5, 5.41) is 7.14. The second kappa shape index (κ2) is 10.1. The Hall–Kier alpha value is -2.88. The summed E-state index contributed by atoms with van der Waals surface area (Å²) in [7, 11) is 1.25. The number of rotatable bonds is 8. The second-order valence-corrected chi connectivity index (χ2v) is 8.38. The molecule has 0 saturated heterocycles. The molecule has 2 atom stereocenters. The maximum absolute atomic E-state index is 12.9. The van der Waals surface area contributed by atoms with E-state index >= 15 is 0 Å². The van der Waals surface area contributed by atoms with Crippen molar-refractivity contribution in [2.75, 3.05) is 7.11 Å². The predicted molar refractivity (Wildman–Crippen MR) is 107 cm³/mol. The molecule has 0 saturated carbocycles. The topological polar surface area (TPSA) is 122 Å². The molecule has 158 valence electrons. The Morgan fingerprint density at radius 1 is 1.21 bits per heavy atom. The maximum atomic E-state index is 12.9. The number of carbonyl (C=O) groups is 3. The minimum atomic E-state index is -0.931. The lowest BCUT2D eigenvalue weighted by molar-refractivity contribution is -0.145. The highest BCUT2D eigenvalue weighted by molar-refractivity contribution is 7.09. The van der Waals surface area contributed by atoms with Crippen molar-refractivity contribution in [2.45, 2.75) is 51.3 Å². The van der Waals surface area contributed by atoms with Crippen LogP contribution in [-0.4, -0.2) is 52.7 Å². The van der Waals surface area contributed by atoms with E-state index in [4.69, 9.17) is 9.47 Å². The molecule has 0 aliphatic carbocycles. The first-order valence-corrected chi connectivity index (χ1v) is 9.93. The van der Waals surface area contributed by atoms with Crippen molar-refractivity contribution in [2.24, 2.45) is 0 Å². The number of carbonyl (C=O) groups excluding carboxylic acids is 3. The number of aromatic amines is 1. The van der Waals surface area contributed by atoms with Gasteiger partial charge < -0.3 is 25.1 Å². The minimum Gasteiger partial charge on any atom is -0.467 e. The lowest BCUT2D eigenvalue weighted by Gasteiger charge is -2.24. The van der Waals surface area contributed by atoms with Gasteiger partial charge in [0.15, 0.2) is 0 Å². The first-order valence-electron chi connectivity index (χ1n) is 9.05. The molecule has 29 heavy (non-hydrogen) atoms. The SMILES string of the molecule is COC(=O)C(Cc1cnc[nH]1)NC(=O)C(Cc1cccs1)NC(=O)OC(C)(C)C. The minimum absolute atomic E-state index is 0.177. The van der Waals surface area contributed by atoms with E-state index in [2.05, 4.69) is 20.6 Å². The third-order valence-corrected chi connectivity index (χ3v) is 4.67. The molecule has 0 aliphatic heterocycles. The molecule has 0 aromatic carbocycles. The molecule has 0 spiro atoms. The highest BCUT2D eigenvalue weighted by Gasteiger charge is 2.29. The van der Waals surface area contributed by atoms with Gasteiger partial charge in [-0.2, -0.15) is 0 Å². The first kappa shape index (κ1) is 22.4. The van der Waals surface area contributed by atoms with Crippen LogP contribution >= 0.6 is 11.3 Å². The van der Waals surface area contributed by atoms with Crippen LogP contribution in [0, 0.1) is 0 Å². The van der Waals surface area contributed by atoms with Crippen molar-refractivity contribution in [1.29, 1.82) is 0 Å². The van der Waals surface area contributed by atoms with Crippen LogP contribution in [0.1, 0.15) is 31.3 Å². The zero-order valence-electron chi connectivity index (χ0n) is 16.9. The van der Waals surface area contributed by atoms with Gasteiger partial charge in [-0.3, -0.25) is 4.79 Å².